The Kier molecular flexibility index (Phi) is 9.78. The van der Waals surface area contributed by atoms with E-state index in [9.17, 15) is 13.2 Å². The fourth-order valence-corrected chi connectivity index (χ4v) is 4.65. The average molecular weight is 545 g/mol. The molecule has 4 aromatic rings. The van der Waals surface area contributed by atoms with E-state index < -0.39 is 11.7 Å². The second-order valence-electron chi connectivity index (χ2n) is 9.40. The molecule has 0 atom stereocenters. The van der Waals surface area contributed by atoms with Crippen LogP contribution in [0.25, 0.3) is 27.7 Å². The Morgan fingerprint density at radius 2 is 1.77 bits per heavy atom. The molecule has 0 saturated carbocycles. The first kappa shape index (κ1) is 30.0. The lowest BCUT2D eigenvalue weighted by atomic mass is 9.89. The van der Waals surface area contributed by atoms with Crippen LogP contribution in [0.2, 0.25) is 0 Å². The van der Waals surface area contributed by atoms with Gasteiger partial charge in [-0.2, -0.15) is 13.2 Å². The number of hydrogen-bond acceptors (Lipinski definition) is 3. The van der Waals surface area contributed by atoms with Crippen LogP contribution in [0.1, 0.15) is 35.6 Å². The minimum Gasteiger partial charge on any atom is -0.380 e. The number of rotatable bonds is 5. The molecule has 40 heavy (non-hydrogen) atoms. The van der Waals surface area contributed by atoms with Gasteiger partial charge in [-0.3, -0.25) is 0 Å². The zero-order valence-corrected chi connectivity index (χ0v) is 23.2. The molecule has 0 bridgehead atoms. The van der Waals surface area contributed by atoms with Gasteiger partial charge in [0.05, 0.1) is 11.3 Å². The molecule has 0 unspecified atom stereocenters. The summed E-state index contributed by atoms with van der Waals surface area (Å²) in [5, 5.41) is 3.31. The Morgan fingerprint density at radius 1 is 1.07 bits per heavy atom. The van der Waals surface area contributed by atoms with E-state index in [-0.39, 0.29) is 16.8 Å². The van der Waals surface area contributed by atoms with Crippen LogP contribution in [0.5, 0.6) is 0 Å². The second-order valence-corrected chi connectivity index (χ2v) is 9.40. The van der Waals surface area contributed by atoms with Crippen molar-refractivity contribution in [2.45, 2.75) is 26.4 Å². The van der Waals surface area contributed by atoms with E-state index in [1.165, 1.54) is 30.8 Å². The van der Waals surface area contributed by atoms with Crippen LogP contribution in [0.15, 0.2) is 105 Å². The summed E-state index contributed by atoms with van der Waals surface area (Å²) in [6.07, 6.45) is 3.50. The Hall–Kier alpha value is -4.52. The monoisotopic (exact) mass is 544 g/mol. The highest BCUT2D eigenvalue weighted by Gasteiger charge is 2.38. The van der Waals surface area contributed by atoms with Crippen LogP contribution in [-0.4, -0.2) is 28.5 Å². The number of alkyl halides is 3. The number of fused-ring (bicyclic) bond motifs is 1. The molecule has 0 fully saturated rings. The third-order valence-electron chi connectivity index (χ3n) is 6.52. The maximum atomic E-state index is 14.1. The van der Waals surface area contributed by atoms with Crippen molar-refractivity contribution in [2.24, 2.45) is 0 Å². The Bertz CT molecular complexity index is 1510. The molecular weight excluding hydrogens is 509 g/mol. The molecule has 0 aliphatic carbocycles. The third-order valence-corrected chi connectivity index (χ3v) is 6.52. The maximum Gasteiger partial charge on any atom is 0.419 e. The molecule has 4 nitrogen and oxygen atoms in total. The van der Waals surface area contributed by atoms with Crippen LogP contribution >= 0.6 is 0 Å². The molecule has 1 aliphatic heterocycles. The van der Waals surface area contributed by atoms with Crippen molar-refractivity contribution in [3.05, 3.63) is 127 Å². The number of aromatic nitrogens is 2. The number of pyridine rings is 1. The zero-order chi connectivity index (χ0) is 29.4. The number of H-pyrrole nitrogens is 1. The third kappa shape index (κ3) is 6.72. The van der Waals surface area contributed by atoms with E-state index in [1.807, 2.05) is 36.4 Å². The summed E-state index contributed by atoms with van der Waals surface area (Å²) in [6.45, 7) is 18.6. The summed E-state index contributed by atoms with van der Waals surface area (Å²) < 4.78 is 42.2. The summed E-state index contributed by atoms with van der Waals surface area (Å²) in [6, 6.07) is 14.7. The molecule has 2 aromatic carbocycles. The molecule has 0 saturated heterocycles. The molecule has 0 radical (unpaired) electrons. The Labute approximate surface area is 234 Å². The van der Waals surface area contributed by atoms with Crippen molar-refractivity contribution in [3.63, 3.8) is 0 Å². The van der Waals surface area contributed by atoms with Gasteiger partial charge in [0.25, 0.3) is 0 Å². The summed E-state index contributed by atoms with van der Waals surface area (Å²) in [5.74, 6) is 0. The summed E-state index contributed by atoms with van der Waals surface area (Å²) in [5.41, 5.74) is 4.48. The minimum atomic E-state index is -4.57. The van der Waals surface area contributed by atoms with Gasteiger partial charge in [0.2, 0.25) is 0 Å². The minimum absolute atomic E-state index is 0.0466. The van der Waals surface area contributed by atoms with Crippen molar-refractivity contribution in [1.29, 1.82) is 0 Å². The summed E-state index contributed by atoms with van der Waals surface area (Å²) in [7, 11) is 2.11. The standard InChI is InChI=1S/C25H20F3N3.C6H11N.C2H4/c1-4-29-21-11-10-15(2)22(23(21)25(26,27)28)16(3)20-14-31-24-19(20)12-18(13-30-24)17-8-6-5-7-9-17;1-6-3-4-7(2)5-6;1-2/h4-14,29H,1,3H2,2H3,(H,30,31);5H,3-4H2,1-2H3;1-2H2. The molecule has 1 aliphatic rings. The van der Waals surface area contributed by atoms with Crippen LogP contribution in [0.4, 0.5) is 18.9 Å². The van der Waals surface area contributed by atoms with Crippen molar-refractivity contribution in [3.8, 4) is 11.1 Å². The maximum absolute atomic E-state index is 14.1. The summed E-state index contributed by atoms with van der Waals surface area (Å²) in [4.78, 5) is 9.72. The quantitative estimate of drug-likeness (QED) is 0.246. The second kappa shape index (κ2) is 13.0. The molecule has 208 valence electrons. The smallest absolute Gasteiger partial charge is 0.380 e. The molecule has 0 spiro atoms. The lowest BCUT2D eigenvalue weighted by Gasteiger charge is -2.21. The van der Waals surface area contributed by atoms with Crippen LogP contribution in [0, 0.1) is 6.92 Å². The van der Waals surface area contributed by atoms with E-state index in [0.717, 1.165) is 11.1 Å². The number of anilines is 1. The first-order valence-corrected chi connectivity index (χ1v) is 12.8. The highest BCUT2D eigenvalue weighted by atomic mass is 19.4. The number of benzene rings is 2. The van der Waals surface area contributed by atoms with Crippen LogP contribution in [0.3, 0.4) is 0 Å². The Balaban J connectivity index is 0.000000422. The van der Waals surface area contributed by atoms with E-state index in [0.29, 0.717) is 22.2 Å². The number of nitrogens with one attached hydrogen (secondary N) is 2. The fourth-order valence-electron chi connectivity index (χ4n) is 4.65. The van der Waals surface area contributed by atoms with Gasteiger partial charge in [0.1, 0.15) is 5.65 Å². The first-order valence-electron chi connectivity index (χ1n) is 12.8. The number of halogens is 3. The van der Waals surface area contributed by atoms with Crippen LogP contribution < -0.4 is 5.32 Å². The Morgan fingerprint density at radius 3 is 2.33 bits per heavy atom. The largest absolute Gasteiger partial charge is 0.419 e. The lowest BCUT2D eigenvalue weighted by molar-refractivity contribution is -0.137. The number of hydrogen-bond donors (Lipinski definition) is 2. The van der Waals surface area contributed by atoms with E-state index >= 15 is 0 Å². The number of nitrogens with zero attached hydrogens (tertiary/aromatic N) is 2. The van der Waals surface area contributed by atoms with Crippen molar-refractivity contribution >= 4 is 22.3 Å². The van der Waals surface area contributed by atoms with Crippen molar-refractivity contribution in [2.75, 3.05) is 18.9 Å². The molecule has 7 heteroatoms. The number of aryl methyl sites for hydroxylation is 1. The molecule has 2 N–H and O–H groups in total. The molecule has 5 rings (SSSR count). The topological polar surface area (TPSA) is 44.0 Å². The molecule has 2 aromatic heterocycles. The summed E-state index contributed by atoms with van der Waals surface area (Å²) >= 11 is 0. The predicted octanol–water partition coefficient (Wildman–Crippen LogP) is 9.20. The van der Waals surface area contributed by atoms with Gasteiger partial charge in [0, 0.05) is 42.5 Å². The highest BCUT2D eigenvalue weighted by Crippen LogP contribution is 2.43. The van der Waals surface area contributed by atoms with Gasteiger partial charge in [-0.15, -0.1) is 13.2 Å². The van der Waals surface area contributed by atoms with Gasteiger partial charge in [-0.25, -0.2) is 4.98 Å². The van der Waals surface area contributed by atoms with Gasteiger partial charge in [-0.05, 0) is 67.1 Å². The zero-order valence-electron chi connectivity index (χ0n) is 23.2. The molecule has 3 heterocycles. The molecule has 0 amide bonds. The predicted molar refractivity (Wildman–Crippen MR) is 162 cm³/mol. The van der Waals surface area contributed by atoms with E-state index in [1.54, 1.807) is 25.4 Å². The first-order chi connectivity index (χ1) is 19.1. The van der Waals surface area contributed by atoms with Gasteiger partial charge >= 0.3 is 6.18 Å². The average Bonchev–Trinajstić information content (AvgIpc) is 3.55. The van der Waals surface area contributed by atoms with E-state index in [2.05, 4.69) is 66.7 Å². The normalized spacial score (nSPS) is 12.6. The molecular formula is C33H35F3N4. The van der Waals surface area contributed by atoms with Gasteiger partial charge < -0.3 is 15.2 Å². The highest BCUT2D eigenvalue weighted by molar-refractivity contribution is 5.98. The SMILES string of the molecule is C=C.C=CNc1ccc(C)c(C(=C)c2c[nH]c3ncc(-c4ccccc4)cc23)c1C(F)(F)F.CC1=CN(C)CC1. The van der Waals surface area contributed by atoms with Crippen LogP contribution in [-0.2, 0) is 6.18 Å². The van der Waals surface area contributed by atoms with E-state index in [4.69, 9.17) is 0 Å². The van der Waals surface area contributed by atoms with Gasteiger partial charge in [0.15, 0.2) is 0 Å². The van der Waals surface area contributed by atoms with Crippen molar-refractivity contribution < 1.29 is 13.2 Å². The fraction of sp³-hybridized carbons (Fsp3) is 0.182. The van der Waals surface area contributed by atoms with Crippen molar-refractivity contribution in [1.82, 2.24) is 14.9 Å². The van der Waals surface area contributed by atoms with Gasteiger partial charge in [-0.1, -0.05) is 55.1 Å². The lowest BCUT2D eigenvalue weighted by Crippen LogP contribution is -2.13. The number of aromatic amines is 1.